The molecule has 0 spiro atoms. The van der Waals surface area contributed by atoms with Crippen LogP contribution in [0, 0.1) is 25.2 Å². The standard InChI is InChI=1S/C25H28N6O3/c1-16-8-24(29-12-19(16)9-26)31-14-18(11-30-31)10-27-13-23(28-6-7-33-3)20-4-5-21-22(17(20)2)15-34-25(21)32/h4-5,8,11-12,14,23,27-28H,6-7,10,13,15H2,1-3H3. The first-order valence-electron chi connectivity index (χ1n) is 11.1. The number of aromatic nitrogens is 3. The minimum Gasteiger partial charge on any atom is -0.457 e. The summed E-state index contributed by atoms with van der Waals surface area (Å²) in [5.41, 5.74) is 6.27. The topological polar surface area (TPSA) is 114 Å². The maximum atomic E-state index is 11.9. The SMILES string of the molecule is COCCNC(CNCc1cnn(-c2cc(C)c(C#N)cn2)c1)c1ccc2c(c1C)COC2=O. The zero-order chi connectivity index (χ0) is 24.1. The summed E-state index contributed by atoms with van der Waals surface area (Å²) in [5, 5.41) is 20.6. The number of esters is 1. The first-order valence-corrected chi connectivity index (χ1v) is 11.1. The van der Waals surface area contributed by atoms with Crippen molar-refractivity contribution in [2.75, 3.05) is 26.8 Å². The number of pyridine rings is 1. The van der Waals surface area contributed by atoms with Gasteiger partial charge in [-0.05, 0) is 42.7 Å². The van der Waals surface area contributed by atoms with Crippen LogP contribution < -0.4 is 10.6 Å². The van der Waals surface area contributed by atoms with Crippen LogP contribution >= 0.6 is 0 Å². The van der Waals surface area contributed by atoms with Crippen LogP contribution in [0.4, 0.5) is 0 Å². The van der Waals surface area contributed by atoms with E-state index < -0.39 is 0 Å². The quantitative estimate of drug-likeness (QED) is 0.350. The lowest BCUT2D eigenvalue weighted by molar-refractivity contribution is 0.0535. The summed E-state index contributed by atoms with van der Waals surface area (Å²) in [7, 11) is 1.68. The van der Waals surface area contributed by atoms with E-state index in [1.54, 1.807) is 24.2 Å². The number of benzene rings is 1. The fourth-order valence-corrected chi connectivity index (χ4v) is 4.09. The molecule has 1 unspecified atom stereocenters. The molecule has 0 saturated carbocycles. The van der Waals surface area contributed by atoms with E-state index in [-0.39, 0.29) is 12.0 Å². The second-order valence-electron chi connectivity index (χ2n) is 8.27. The highest BCUT2D eigenvalue weighted by molar-refractivity contribution is 5.94. The molecule has 176 valence electrons. The van der Waals surface area contributed by atoms with E-state index in [2.05, 4.69) is 26.8 Å². The zero-order valence-electron chi connectivity index (χ0n) is 19.6. The molecule has 1 aromatic carbocycles. The normalized spacial score (nSPS) is 13.4. The molecule has 0 amide bonds. The number of methoxy groups -OCH3 is 1. The Morgan fingerprint density at radius 3 is 2.94 bits per heavy atom. The summed E-state index contributed by atoms with van der Waals surface area (Å²) in [4.78, 5) is 16.2. The molecule has 1 atom stereocenters. The predicted octanol–water partition coefficient (Wildman–Crippen LogP) is 2.49. The van der Waals surface area contributed by atoms with Crippen LogP contribution in [0.2, 0.25) is 0 Å². The number of cyclic esters (lactones) is 1. The second-order valence-corrected chi connectivity index (χ2v) is 8.27. The summed E-state index contributed by atoms with van der Waals surface area (Å²) < 4.78 is 12.1. The van der Waals surface area contributed by atoms with E-state index in [4.69, 9.17) is 14.7 Å². The maximum absolute atomic E-state index is 11.9. The molecule has 1 aliphatic rings. The van der Waals surface area contributed by atoms with Crippen molar-refractivity contribution in [2.45, 2.75) is 33.0 Å². The molecule has 4 rings (SSSR count). The first kappa shape index (κ1) is 23.6. The van der Waals surface area contributed by atoms with Gasteiger partial charge >= 0.3 is 5.97 Å². The molecule has 9 heteroatoms. The van der Waals surface area contributed by atoms with Crippen molar-refractivity contribution in [3.05, 3.63) is 75.7 Å². The summed E-state index contributed by atoms with van der Waals surface area (Å²) in [5.74, 6) is 0.419. The molecule has 0 bridgehead atoms. The fraction of sp³-hybridized carbons (Fsp3) is 0.360. The van der Waals surface area contributed by atoms with Gasteiger partial charge in [0.15, 0.2) is 5.82 Å². The van der Waals surface area contributed by atoms with Gasteiger partial charge in [-0.3, -0.25) is 0 Å². The lowest BCUT2D eigenvalue weighted by atomic mass is 9.94. The van der Waals surface area contributed by atoms with Crippen LogP contribution in [0.1, 0.15) is 49.8 Å². The minimum absolute atomic E-state index is 0.0361. The van der Waals surface area contributed by atoms with Gasteiger partial charge in [0, 0.05) is 56.3 Å². The molecule has 0 aliphatic carbocycles. The van der Waals surface area contributed by atoms with Gasteiger partial charge in [0.2, 0.25) is 0 Å². The lowest BCUT2D eigenvalue weighted by Gasteiger charge is -2.22. The van der Waals surface area contributed by atoms with Gasteiger partial charge in [-0.25, -0.2) is 14.5 Å². The molecule has 1 aliphatic heterocycles. The molecule has 0 radical (unpaired) electrons. The molecule has 0 fully saturated rings. The summed E-state index contributed by atoms with van der Waals surface area (Å²) in [6.45, 7) is 6.87. The van der Waals surface area contributed by atoms with Crippen molar-refractivity contribution in [2.24, 2.45) is 0 Å². The van der Waals surface area contributed by atoms with Gasteiger partial charge in [0.1, 0.15) is 12.7 Å². The van der Waals surface area contributed by atoms with Crippen LogP contribution in [-0.2, 0) is 22.6 Å². The Hall–Kier alpha value is -3.58. The molecule has 2 N–H and O–H groups in total. The van der Waals surface area contributed by atoms with Gasteiger partial charge in [0.05, 0.1) is 23.9 Å². The number of nitrogens with one attached hydrogen (secondary N) is 2. The van der Waals surface area contributed by atoms with Gasteiger partial charge in [-0.2, -0.15) is 10.4 Å². The number of carbonyl (C=O) groups is 1. The average Bonchev–Trinajstić information content (AvgIpc) is 3.46. The van der Waals surface area contributed by atoms with E-state index in [0.717, 1.165) is 27.8 Å². The number of rotatable bonds is 10. The second kappa shape index (κ2) is 10.6. The molecule has 0 saturated heterocycles. The largest absolute Gasteiger partial charge is 0.457 e. The van der Waals surface area contributed by atoms with Gasteiger partial charge in [0.25, 0.3) is 0 Å². The summed E-state index contributed by atoms with van der Waals surface area (Å²) in [6.07, 6.45) is 5.30. The van der Waals surface area contributed by atoms with Crippen molar-refractivity contribution in [1.29, 1.82) is 5.26 Å². The Morgan fingerprint density at radius 1 is 1.32 bits per heavy atom. The molecule has 3 aromatic rings. The van der Waals surface area contributed by atoms with Crippen LogP contribution in [0.3, 0.4) is 0 Å². The molecular formula is C25H28N6O3. The molecule has 3 heterocycles. The number of carbonyl (C=O) groups excluding carboxylic acids is 1. The van der Waals surface area contributed by atoms with E-state index in [1.807, 2.05) is 38.2 Å². The van der Waals surface area contributed by atoms with E-state index >= 15 is 0 Å². The molecule has 9 nitrogen and oxygen atoms in total. The number of nitrogens with zero attached hydrogens (tertiary/aromatic N) is 4. The number of hydrogen-bond donors (Lipinski definition) is 2. The average molecular weight is 461 g/mol. The van der Waals surface area contributed by atoms with Crippen molar-refractivity contribution < 1.29 is 14.3 Å². The highest BCUT2D eigenvalue weighted by atomic mass is 16.5. The Labute approximate surface area is 198 Å². The minimum atomic E-state index is -0.254. The van der Waals surface area contributed by atoms with E-state index in [9.17, 15) is 4.79 Å². The van der Waals surface area contributed by atoms with Crippen molar-refractivity contribution in [3.63, 3.8) is 0 Å². The summed E-state index contributed by atoms with van der Waals surface area (Å²) in [6, 6.07) is 7.88. The van der Waals surface area contributed by atoms with Crippen molar-refractivity contribution in [1.82, 2.24) is 25.4 Å². The Balaban J connectivity index is 1.44. The molecule has 34 heavy (non-hydrogen) atoms. The van der Waals surface area contributed by atoms with Crippen molar-refractivity contribution >= 4 is 5.97 Å². The first-order chi connectivity index (χ1) is 16.5. The van der Waals surface area contributed by atoms with Gasteiger partial charge < -0.3 is 20.1 Å². The summed E-state index contributed by atoms with van der Waals surface area (Å²) >= 11 is 0. The third-order valence-electron chi connectivity index (χ3n) is 6.05. The fourth-order valence-electron chi connectivity index (χ4n) is 4.09. The maximum Gasteiger partial charge on any atom is 0.338 e. The highest BCUT2D eigenvalue weighted by Gasteiger charge is 2.26. The number of fused-ring (bicyclic) bond motifs is 1. The highest BCUT2D eigenvalue weighted by Crippen LogP contribution is 2.29. The smallest absolute Gasteiger partial charge is 0.338 e. The number of hydrogen-bond acceptors (Lipinski definition) is 8. The third kappa shape index (κ3) is 4.99. The van der Waals surface area contributed by atoms with E-state index in [1.165, 1.54) is 0 Å². The third-order valence-corrected chi connectivity index (χ3v) is 6.05. The Kier molecular flexibility index (Phi) is 7.33. The van der Waals surface area contributed by atoms with Crippen molar-refractivity contribution in [3.8, 4) is 11.9 Å². The van der Waals surface area contributed by atoms with Gasteiger partial charge in [-0.15, -0.1) is 0 Å². The number of nitriles is 1. The van der Waals surface area contributed by atoms with Gasteiger partial charge in [-0.1, -0.05) is 6.07 Å². The molecule has 2 aromatic heterocycles. The Morgan fingerprint density at radius 2 is 2.18 bits per heavy atom. The molecular weight excluding hydrogens is 432 g/mol. The van der Waals surface area contributed by atoms with Crippen LogP contribution in [0.5, 0.6) is 0 Å². The monoisotopic (exact) mass is 460 g/mol. The zero-order valence-corrected chi connectivity index (χ0v) is 19.6. The van der Waals surface area contributed by atoms with E-state index in [0.29, 0.717) is 49.8 Å². The number of aryl methyl sites for hydroxylation is 1. The lowest BCUT2D eigenvalue weighted by Crippen LogP contribution is -2.34. The number of ether oxygens (including phenoxy) is 2. The Bertz CT molecular complexity index is 1230. The van der Waals surface area contributed by atoms with Crippen LogP contribution in [0.15, 0.2) is 36.8 Å². The predicted molar refractivity (Wildman–Crippen MR) is 125 cm³/mol. The van der Waals surface area contributed by atoms with Crippen LogP contribution in [0.25, 0.3) is 5.82 Å². The van der Waals surface area contributed by atoms with Crippen LogP contribution in [-0.4, -0.2) is 47.5 Å².